The predicted octanol–water partition coefficient (Wildman–Crippen LogP) is 4.56. The Bertz CT molecular complexity index is 822. The number of aromatic nitrogens is 2. The van der Waals surface area contributed by atoms with Gasteiger partial charge >= 0.3 is 0 Å². The summed E-state index contributed by atoms with van der Waals surface area (Å²) in [4.78, 5) is 0. The molecule has 23 heavy (non-hydrogen) atoms. The van der Waals surface area contributed by atoms with Crippen molar-refractivity contribution in [3.63, 3.8) is 0 Å². The van der Waals surface area contributed by atoms with Crippen LogP contribution in [-0.2, 0) is 0 Å². The molecule has 0 aliphatic rings. The van der Waals surface area contributed by atoms with Crippen LogP contribution in [-0.4, -0.2) is 14.9 Å². The molecule has 118 valence electrons. The molecule has 2 N–H and O–H groups in total. The molecule has 0 saturated heterocycles. The van der Waals surface area contributed by atoms with Gasteiger partial charge in [0.25, 0.3) is 0 Å². The molecule has 3 aromatic rings. The second-order valence-corrected chi connectivity index (χ2v) is 5.83. The van der Waals surface area contributed by atoms with Gasteiger partial charge in [-0.3, -0.25) is 0 Å². The highest BCUT2D eigenvalue weighted by atomic mass is 16.3. The van der Waals surface area contributed by atoms with E-state index >= 15 is 0 Å². The van der Waals surface area contributed by atoms with Gasteiger partial charge in [0.2, 0.25) is 0 Å². The van der Waals surface area contributed by atoms with Gasteiger partial charge in [-0.15, -0.1) is 0 Å². The average molecular weight is 307 g/mol. The smallest absolute Gasteiger partial charge is 0.152 e. The molecule has 4 heteroatoms. The minimum Gasteiger partial charge on any atom is -0.507 e. The Labute approximate surface area is 136 Å². The van der Waals surface area contributed by atoms with E-state index in [0.717, 1.165) is 39.4 Å². The first-order chi connectivity index (χ1) is 11.0. The van der Waals surface area contributed by atoms with Crippen LogP contribution in [0.5, 0.6) is 5.75 Å². The second kappa shape index (κ2) is 5.80. The third kappa shape index (κ3) is 2.68. The average Bonchev–Trinajstić information content (AvgIpc) is 3.05. The maximum atomic E-state index is 10.2. The summed E-state index contributed by atoms with van der Waals surface area (Å²) in [5, 5.41) is 18.1. The van der Waals surface area contributed by atoms with E-state index in [2.05, 4.69) is 10.4 Å². The molecule has 1 heterocycles. The normalized spacial score (nSPS) is 10.8. The van der Waals surface area contributed by atoms with Gasteiger partial charge in [0.15, 0.2) is 5.82 Å². The van der Waals surface area contributed by atoms with Crippen LogP contribution < -0.4 is 5.32 Å². The van der Waals surface area contributed by atoms with Gasteiger partial charge in [0.1, 0.15) is 5.75 Å². The fourth-order valence-electron chi connectivity index (χ4n) is 2.72. The minimum atomic E-state index is 0.375. The molecule has 4 nitrogen and oxygen atoms in total. The number of para-hydroxylation sites is 1. The molecule has 0 fully saturated rings. The second-order valence-electron chi connectivity index (χ2n) is 5.83. The zero-order chi connectivity index (χ0) is 16.6. The van der Waals surface area contributed by atoms with Crippen LogP contribution in [0.4, 0.5) is 11.5 Å². The number of aromatic hydroxyl groups is 1. The molecular weight excluding hydrogens is 286 g/mol. The van der Waals surface area contributed by atoms with Crippen molar-refractivity contribution in [2.24, 2.45) is 0 Å². The first-order valence-electron chi connectivity index (χ1n) is 7.66. The summed E-state index contributed by atoms with van der Waals surface area (Å²) in [6.45, 7) is 7.89. The number of hydrogen-bond donors (Lipinski definition) is 2. The van der Waals surface area contributed by atoms with Gasteiger partial charge < -0.3 is 10.4 Å². The standard InChI is InChI=1S/C19H21N3O/c1-12-14(3)19(23)15(4)13(2)18(12)20-17-10-11-22(21-17)16-8-6-5-7-9-16/h5-11,23H,1-4H3,(H,20,21). The number of hydrogen-bond acceptors (Lipinski definition) is 3. The lowest BCUT2D eigenvalue weighted by Crippen LogP contribution is -2.02. The van der Waals surface area contributed by atoms with E-state index in [1.807, 2.05) is 75.0 Å². The van der Waals surface area contributed by atoms with Crippen molar-refractivity contribution in [3.8, 4) is 11.4 Å². The molecule has 0 aliphatic carbocycles. The van der Waals surface area contributed by atoms with Crippen molar-refractivity contribution in [2.45, 2.75) is 27.7 Å². The first kappa shape index (κ1) is 15.2. The number of nitrogens with zero attached hydrogens (tertiary/aromatic N) is 2. The summed E-state index contributed by atoms with van der Waals surface area (Å²) >= 11 is 0. The zero-order valence-electron chi connectivity index (χ0n) is 13.9. The molecule has 3 rings (SSSR count). The summed E-state index contributed by atoms with van der Waals surface area (Å²) in [6, 6.07) is 11.9. The maximum absolute atomic E-state index is 10.2. The van der Waals surface area contributed by atoms with Gasteiger partial charge in [-0.05, 0) is 62.1 Å². The number of rotatable bonds is 3. The van der Waals surface area contributed by atoms with Gasteiger partial charge in [0.05, 0.1) is 5.69 Å². The highest BCUT2D eigenvalue weighted by Crippen LogP contribution is 2.36. The Kier molecular flexibility index (Phi) is 3.82. The van der Waals surface area contributed by atoms with E-state index in [4.69, 9.17) is 0 Å². The van der Waals surface area contributed by atoms with Crippen molar-refractivity contribution < 1.29 is 5.11 Å². The van der Waals surface area contributed by atoms with Crippen LogP contribution in [0.25, 0.3) is 5.69 Å². The highest BCUT2D eigenvalue weighted by molar-refractivity contribution is 5.71. The topological polar surface area (TPSA) is 50.1 Å². The van der Waals surface area contributed by atoms with Gasteiger partial charge in [-0.1, -0.05) is 18.2 Å². The fourth-order valence-corrected chi connectivity index (χ4v) is 2.72. The summed E-state index contributed by atoms with van der Waals surface area (Å²) in [5.74, 6) is 1.16. The quantitative estimate of drug-likeness (QED) is 0.698. The van der Waals surface area contributed by atoms with Crippen LogP contribution in [0.15, 0.2) is 42.6 Å². The lowest BCUT2D eigenvalue weighted by molar-refractivity contribution is 0.466. The lowest BCUT2D eigenvalue weighted by Gasteiger charge is -2.17. The summed E-state index contributed by atoms with van der Waals surface area (Å²) < 4.78 is 1.84. The van der Waals surface area contributed by atoms with Crippen LogP contribution in [0.3, 0.4) is 0 Å². The number of phenolic OH excluding ortho intramolecular Hbond substituents is 1. The predicted molar refractivity (Wildman–Crippen MR) is 93.9 cm³/mol. The van der Waals surface area contributed by atoms with E-state index in [1.54, 1.807) is 0 Å². The molecule has 1 aromatic heterocycles. The number of benzene rings is 2. The third-order valence-corrected chi connectivity index (χ3v) is 4.45. The Morgan fingerprint density at radius 3 is 2.09 bits per heavy atom. The number of anilines is 2. The Hall–Kier alpha value is -2.75. The molecule has 0 bridgehead atoms. The molecule has 0 aliphatic heterocycles. The van der Waals surface area contributed by atoms with E-state index in [1.165, 1.54) is 0 Å². The molecule has 2 aromatic carbocycles. The van der Waals surface area contributed by atoms with Gasteiger partial charge in [0, 0.05) is 18.0 Å². The third-order valence-electron chi connectivity index (χ3n) is 4.45. The zero-order valence-corrected chi connectivity index (χ0v) is 13.9. The van der Waals surface area contributed by atoms with Crippen molar-refractivity contribution in [1.82, 2.24) is 9.78 Å². The van der Waals surface area contributed by atoms with E-state index < -0.39 is 0 Å². The van der Waals surface area contributed by atoms with Crippen LogP contribution in [0.2, 0.25) is 0 Å². The van der Waals surface area contributed by atoms with Crippen molar-refractivity contribution in [2.75, 3.05) is 5.32 Å². The molecule has 0 amide bonds. The number of phenols is 1. The summed E-state index contributed by atoms with van der Waals surface area (Å²) in [6.07, 6.45) is 1.93. The van der Waals surface area contributed by atoms with Gasteiger partial charge in [-0.2, -0.15) is 5.10 Å². The minimum absolute atomic E-state index is 0.375. The lowest BCUT2D eigenvalue weighted by atomic mass is 9.97. The molecule has 0 atom stereocenters. The number of nitrogens with one attached hydrogen (secondary N) is 1. The van der Waals surface area contributed by atoms with Crippen LogP contribution in [0, 0.1) is 27.7 Å². The van der Waals surface area contributed by atoms with Crippen molar-refractivity contribution in [1.29, 1.82) is 0 Å². The Balaban J connectivity index is 1.97. The van der Waals surface area contributed by atoms with E-state index in [9.17, 15) is 5.11 Å². The Morgan fingerprint density at radius 2 is 1.48 bits per heavy atom. The summed E-state index contributed by atoms with van der Waals surface area (Å²) in [7, 11) is 0. The monoisotopic (exact) mass is 307 g/mol. The molecule has 0 unspecified atom stereocenters. The van der Waals surface area contributed by atoms with E-state index in [-0.39, 0.29) is 0 Å². The maximum Gasteiger partial charge on any atom is 0.152 e. The SMILES string of the molecule is Cc1c(C)c(Nc2ccn(-c3ccccc3)n2)c(C)c(C)c1O. The van der Waals surface area contributed by atoms with Crippen molar-refractivity contribution >= 4 is 11.5 Å². The molecular formula is C19H21N3O. The summed E-state index contributed by atoms with van der Waals surface area (Å²) in [5.41, 5.74) is 5.92. The molecule has 0 saturated carbocycles. The van der Waals surface area contributed by atoms with E-state index in [0.29, 0.717) is 5.75 Å². The van der Waals surface area contributed by atoms with Crippen molar-refractivity contribution in [3.05, 3.63) is 64.8 Å². The highest BCUT2D eigenvalue weighted by Gasteiger charge is 2.15. The van der Waals surface area contributed by atoms with Gasteiger partial charge in [-0.25, -0.2) is 4.68 Å². The molecule has 0 radical (unpaired) electrons. The van der Waals surface area contributed by atoms with Crippen LogP contribution in [0.1, 0.15) is 22.3 Å². The Morgan fingerprint density at radius 1 is 0.870 bits per heavy atom. The first-order valence-corrected chi connectivity index (χ1v) is 7.66. The van der Waals surface area contributed by atoms with Crippen LogP contribution >= 0.6 is 0 Å². The largest absolute Gasteiger partial charge is 0.507 e. The molecule has 0 spiro atoms. The fraction of sp³-hybridized carbons (Fsp3) is 0.211.